The van der Waals surface area contributed by atoms with Gasteiger partial charge in [0, 0.05) is 30.7 Å². The van der Waals surface area contributed by atoms with E-state index in [2.05, 4.69) is 42.3 Å². The number of likely N-dealkylation sites (tertiary alicyclic amines) is 2. The van der Waals surface area contributed by atoms with Crippen LogP contribution < -0.4 is 10.1 Å². The molecule has 2 aromatic rings. The standard InChI is InChI=1S/C28H37N3O3/c1-21-8-7-9-22(2)31(21)27(32)20-34-26-14-12-23(13-15-26)28(33)29-18-24-10-3-4-11-25(24)19-30-16-5-6-17-30/h3-4,10-15,21-22H,5-9,16-20H2,1-2H3,(H,29,33)/t21-,22+. The van der Waals surface area contributed by atoms with Crippen molar-refractivity contribution in [2.24, 2.45) is 0 Å². The molecule has 0 saturated carbocycles. The molecule has 2 heterocycles. The molecule has 2 aliphatic rings. The topological polar surface area (TPSA) is 61.9 Å². The molecule has 34 heavy (non-hydrogen) atoms. The number of carbonyl (C=O) groups is 2. The molecular formula is C28H37N3O3. The molecule has 2 aromatic carbocycles. The molecule has 0 spiro atoms. The molecule has 0 radical (unpaired) electrons. The highest BCUT2D eigenvalue weighted by atomic mass is 16.5. The minimum atomic E-state index is -0.116. The van der Waals surface area contributed by atoms with Gasteiger partial charge in [-0.3, -0.25) is 14.5 Å². The Hall–Kier alpha value is -2.86. The molecule has 2 aliphatic heterocycles. The summed E-state index contributed by atoms with van der Waals surface area (Å²) in [5, 5.41) is 3.04. The maximum absolute atomic E-state index is 12.7. The third kappa shape index (κ3) is 6.17. The van der Waals surface area contributed by atoms with Gasteiger partial charge in [-0.05, 0) is 94.4 Å². The Morgan fingerprint density at radius 2 is 1.56 bits per heavy atom. The lowest BCUT2D eigenvalue weighted by Gasteiger charge is -2.38. The van der Waals surface area contributed by atoms with Crippen molar-refractivity contribution >= 4 is 11.8 Å². The van der Waals surface area contributed by atoms with E-state index in [9.17, 15) is 9.59 Å². The van der Waals surface area contributed by atoms with Gasteiger partial charge in [-0.15, -0.1) is 0 Å². The van der Waals surface area contributed by atoms with Crippen molar-refractivity contribution < 1.29 is 14.3 Å². The van der Waals surface area contributed by atoms with E-state index in [1.54, 1.807) is 24.3 Å². The van der Waals surface area contributed by atoms with E-state index in [-0.39, 0.29) is 30.5 Å². The summed E-state index contributed by atoms with van der Waals surface area (Å²) >= 11 is 0. The smallest absolute Gasteiger partial charge is 0.260 e. The third-order valence-corrected chi connectivity index (χ3v) is 7.11. The lowest BCUT2D eigenvalue weighted by molar-refractivity contribution is -0.139. The van der Waals surface area contributed by atoms with Crippen LogP contribution in [0.25, 0.3) is 0 Å². The lowest BCUT2D eigenvalue weighted by atomic mass is 9.97. The molecule has 0 bridgehead atoms. The second-order valence-corrected chi connectivity index (χ2v) is 9.68. The maximum Gasteiger partial charge on any atom is 0.260 e. The number of ether oxygens (including phenoxy) is 1. The summed E-state index contributed by atoms with van der Waals surface area (Å²) in [6.07, 6.45) is 5.79. The molecule has 0 aromatic heterocycles. The van der Waals surface area contributed by atoms with E-state index < -0.39 is 0 Å². The number of carbonyl (C=O) groups excluding carboxylic acids is 2. The number of nitrogens with one attached hydrogen (secondary N) is 1. The molecule has 182 valence electrons. The molecule has 6 nitrogen and oxygen atoms in total. The van der Waals surface area contributed by atoms with E-state index in [1.807, 2.05) is 11.0 Å². The zero-order valence-electron chi connectivity index (χ0n) is 20.5. The predicted octanol–water partition coefficient (Wildman–Crippen LogP) is 4.38. The summed E-state index contributed by atoms with van der Waals surface area (Å²) in [6.45, 7) is 7.97. The van der Waals surface area contributed by atoms with Crippen LogP contribution in [0.5, 0.6) is 5.75 Å². The normalized spacial score (nSPS) is 20.8. The number of benzene rings is 2. The number of nitrogens with zero attached hydrogens (tertiary/aromatic N) is 2. The summed E-state index contributed by atoms with van der Waals surface area (Å²) in [5.41, 5.74) is 3.01. The van der Waals surface area contributed by atoms with E-state index in [4.69, 9.17) is 4.74 Å². The number of piperidine rings is 1. The fourth-order valence-electron chi connectivity index (χ4n) is 5.18. The van der Waals surface area contributed by atoms with Gasteiger partial charge in [0.05, 0.1) is 0 Å². The lowest BCUT2D eigenvalue weighted by Crippen LogP contribution is -2.49. The van der Waals surface area contributed by atoms with Crippen molar-refractivity contribution in [3.8, 4) is 5.75 Å². The molecule has 2 fully saturated rings. The first kappa shape index (κ1) is 24.3. The monoisotopic (exact) mass is 463 g/mol. The quantitative estimate of drug-likeness (QED) is 0.631. The Balaban J connectivity index is 1.28. The van der Waals surface area contributed by atoms with Crippen LogP contribution in [0.15, 0.2) is 48.5 Å². The van der Waals surface area contributed by atoms with Gasteiger partial charge >= 0.3 is 0 Å². The Morgan fingerprint density at radius 1 is 0.912 bits per heavy atom. The van der Waals surface area contributed by atoms with Crippen LogP contribution in [0.3, 0.4) is 0 Å². The number of amides is 2. The average molecular weight is 464 g/mol. The number of hydrogen-bond donors (Lipinski definition) is 1. The highest BCUT2D eigenvalue weighted by molar-refractivity contribution is 5.94. The van der Waals surface area contributed by atoms with Crippen LogP contribution >= 0.6 is 0 Å². The van der Waals surface area contributed by atoms with E-state index in [0.717, 1.165) is 38.0 Å². The van der Waals surface area contributed by atoms with Gasteiger partial charge < -0.3 is 15.0 Å². The molecule has 2 atom stereocenters. The zero-order valence-corrected chi connectivity index (χ0v) is 20.5. The van der Waals surface area contributed by atoms with Crippen LogP contribution in [0.4, 0.5) is 0 Å². The molecule has 0 unspecified atom stereocenters. The van der Waals surface area contributed by atoms with Gasteiger partial charge in [0.15, 0.2) is 6.61 Å². The van der Waals surface area contributed by atoms with Gasteiger partial charge in [-0.25, -0.2) is 0 Å². The fraction of sp³-hybridized carbons (Fsp3) is 0.500. The van der Waals surface area contributed by atoms with Crippen molar-refractivity contribution in [1.29, 1.82) is 0 Å². The van der Waals surface area contributed by atoms with Gasteiger partial charge in [-0.1, -0.05) is 24.3 Å². The van der Waals surface area contributed by atoms with Crippen LogP contribution in [-0.4, -0.2) is 53.4 Å². The SMILES string of the molecule is C[C@@H]1CCC[C@H](C)N1C(=O)COc1ccc(C(=O)NCc2ccccc2CN2CCCC2)cc1. The first-order valence-electron chi connectivity index (χ1n) is 12.6. The summed E-state index contributed by atoms with van der Waals surface area (Å²) in [7, 11) is 0. The van der Waals surface area contributed by atoms with Crippen molar-refractivity contribution in [1.82, 2.24) is 15.1 Å². The van der Waals surface area contributed by atoms with Crippen LogP contribution in [-0.2, 0) is 17.9 Å². The summed E-state index contributed by atoms with van der Waals surface area (Å²) in [4.78, 5) is 29.8. The Morgan fingerprint density at radius 3 is 2.24 bits per heavy atom. The molecule has 2 amide bonds. The third-order valence-electron chi connectivity index (χ3n) is 7.11. The highest BCUT2D eigenvalue weighted by Crippen LogP contribution is 2.23. The first-order valence-corrected chi connectivity index (χ1v) is 12.6. The van der Waals surface area contributed by atoms with Crippen molar-refractivity contribution in [2.75, 3.05) is 19.7 Å². The molecule has 1 N–H and O–H groups in total. The highest BCUT2D eigenvalue weighted by Gasteiger charge is 2.29. The predicted molar refractivity (Wildman–Crippen MR) is 134 cm³/mol. The number of rotatable bonds is 8. The minimum Gasteiger partial charge on any atom is -0.484 e. The van der Waals surface area contributed by atoms with Crippen molar-refractivity contribution in [3.05, 3.63) is 65.2 Å². The van der Waals surface area contributed by atoms with E-state index >= 15 is 0 Å². The van der Waals surface area contributed by atoms with Gasteiger partial charge in [-0.2, -0.15) is 0 Å². The molecule has 0 aliphatic carbocycles. The molecule has 2 saturated heterocycles. The largest absolute Gasteiger partial charge is 0.484 e. The fourth-order valence-corrected chi connectivity index (χ4v) is 5.18. The van der Waals surface area contributed by atoms with Gasteiger partial charge in [0.1, 0.15) is 5.75 Å². The van der Waals surface area contributed by atoms with Crippen LogP contribution in [0.2, 0.25) is 0 Å². The maximum atomic E-state index is 12.7. The second-order valence-electron chi connectivity index (χ2n) is 9.68. The van der Waals surface area contributed by atoms with Crippen LogP contribution in [0.1, 0.15) is 67.4 Å². The Bertz CT molecular complexity index is 959. The molecular weight excluding hydrogens is 426 g/mol. The van der Waals surface area contributed by atoms with E-state index in [1.165, 1.54) is 24.8 Å². The Labute approximate surface area is 203 Å². The Kier molecular flexibility index (Phi) is 8.22. The summed E-state index contributed by atoms with van der Waals surface area (Å²) in [6, 6.07) is 15.8. The van der Waals surface area contributed by atoms with Gasteiger partial charge in [0.2, 0.25) is 0 Å². The second kappa shape index (κ2) is 11.5. The molecule has 4 rings (SSSR count). The first-order chi connectivity index (χ1) is 16.5. The molecule has 6 heteroatoms. The minimum absolute atomic E-state index is 0.0219. The van der Waals surface area contributed by atoms with Crippen molar-refractivity contribution in [2.45, 2.75) is 71.1 Å². The average Bonchev–Trinajstić information content (AvgIpc) is 3.35. The number of hydrogen-bond acceptors (Lipinski definition) is 4. The van der Waals surface area contributed by atoms with Crippen molar-refractivity contribution in [3.63, 3.8) is 0 Å². The van der Waals surface area contributed by atoms with Crippen LogP contribution in [0, 0.1) is 0 Å². The summed E-state index contributed by atoms with van der Waals surface area (Å²) < 4.78 is 5.73. The zero-order chi connectivity index (χ0) is 23.9. The summed E-state index contributed by atoms with van der Waals surface area (Å²) in [5.74, 6) is 0.502. The van der Waals surface area contributed by atoms with Gasteiger partial charge in [0.25, 0.3) is 11.8 Å². The van der Waals surface area contributed by atoms with E-state index in [0.29, 0.717) is 17.9 Å².